The maximum Gasteiger partial charge on any atom is 0.231 e. The number of nitrogens with one attached hydrogen (secondary N) is 1. The maximum absolute atomic E-state index is 5.55. The van der Waals surface area contributed by atoms with E-state index in [1.165, 1.54) is 0 Å². The number of pyridine rings is 1. The van der Waals surface area contributed by atoms with E-state index in [2.05, 4.69) is 35.3 Å². The van der Waals surface area contributed by atoms with Crippen molar-refractivity contribution < 1.29 is 4.52 Å². The summed E-state index contributed by atoms with van der Waals surface area (Å²) in [5.74, 6) is 2.23. The van der Waals surface area contributed by atoms with E-state index < -0.39 is 0 Å². The highest BCUT2D eigenvalue weighted by molar-refractivity contribution is 5.51. The van der Waals surface area contributed by atoms with Crippen LogP contribution in [0.25, 0.3) is 11.4 Å². The zero-order valence-corrected chi connectivity index (χ0v) is 15.4. The van der Waals surface area contributed by atoms with Crippen molar-refractivity contribution in [3.05, 3.63) is 48.4 Å². The number of hydrogen-bond donors (Lipinski definition) is 1. The summed E-state index contributed by atoms with van der Waals surface area (Å²) in [7, 11) is 0. The van der Waals surface area contributed by atoms with E-state index in [0.29, 0.717) is 17.7 Å². The second-order valence-electron chi connectivity index (χ2n) is 6.72. The van der Waals surface area contributed by atoms with Gasteiger partial charge in [-0.3, -0.25) is 9.88 Å². The summed E-state index contributed by atoms with van der Waals surface area (Å²) < 4.78 is 5.55. The molecule has 4 rings (SSSR count). The van der Waals surface area contributed by atoms with Crippen molar-refractivity contribution in [3.8, 4) is 11.4 Å². The fourth-order valence-corrected chi connectivity index (χ4v) is 3.36. The van der Waals surface area contributed by atoms with Crippen LogP contribution >= 0.6 is 0 Å². The van der Waals surface area contributed by atoms with E-state index in [-0.39, 0.29) is 5.92 Å². The van der Waals surface area contributed by atoms with Gasteiger partial charge in [0.25, 0.3) is 0 Å². The quantitative estimate of drug-likeness (QED) is 0.713. The highest BCUT2D eigenvalue weighted by atomic mass is 16.5. The zero-order chi connectivity index (χ0) is 18.5. The third-order valence-corrected chi connectivity index (χ3v) is 4.66. The molecule has 1 atom stereocenters. The molecule has 1 fully saturated rings. The fourth-order valence-electron chi connectivity index (χ4n) is 3.36. The molecular weight excluding hydrogens is 342 g/mol. The monoisotopic (exact) mass is 365 g/mol. The first kappa shape index (κ1) is 17.5. The Labute approximate surface area is 158 Å². The summed E-state index contributed by atoms with van der Waals surface area (Å²) in [4.78, 5) is 19.8. The number of likely N-dealkylation sites (tertiary alicyclic amines) is 1. The summed E-state index contributed by atoms with van der Waals surface area (Å²) in [6.07, 6.45) is 9.42. The molecule has 1 unspecified atom stereocenters. The summed E-state index contributed by atoms with van der Waals surface area (Å²) in [5.41, 5.74) is 1.98. The molecule has 0 amide bonds. The molecule has 3 aromatic heterocycles. The van der Waals surface area contributed by atoms with Crippen LogP contribution in [0, 0.1) is 0 Å². The van der Waals surface area contributed by atoms with Crippen LogP contribution in [0.5, 0.6) is 0 Å². The lowest BCUT2D eigenvalue weighted by Gasteiger charge is -2.30. The number of anilines is 1. The number of hydrogen-bond acceptors (Lipinski definition) is 8. The third kappa shape index (κ3) is 4.28. The number of piperidine rings is 1. The maximum atomic E-state index is 5.55. The standard InChI is InChI=1S/C19H23N7O/c1-2-21-19-22-9-14(10-23-19)12-26-8-4-6-16(13-26)18-24-17(25-27-18)15-5-3-7-20-11-15/h3,5,7,9-11,16H,2,4,6,8,12-13H2,1H3,(H,21,22,23). The van der Waals surface area contributed by atoms with E-state index in [1.54, 1.807) is 12.4 Å². The van der Waals surface area contributed by atoms with Gasteiger partial charge in [0.15, 0.2) is 0 Å². The van der Waals surface area contributed by atoms with E-state index in [0.717, 1.165) is 50.1 Å². The van der Waals surface area contributed by atoms with E-state index >= 15 is 0 Å². The van der Waals surface area contributed by atoms with Gasteiger partial charge in [-0.1, -0.05) is 5.16 Å². The molecule has 8 nitrogen and oxygen atoms in total. The predicted octanol–water partition coefficient (Wildman–Crippen LogP) is 2.73. The molecule has 140 valence electrons. The molecule has 0 spiro atoms. The number of nitrogens with zero attached hydrogens (tertiary/aromatic N) is 6. The molecule has 0 bridgehead atoms. The van der Waals surface area contributed by atoms with Crippen molar-refractivity contribution in [3.63, 3.8) is 0 Å². The Bertz CT molecular complexity index is 850. The second-order valence-corrected chi connectivity index (χ2v) is 6.72. The first-order chi connectivity index (χ1) is 13.3. The minimum Gasteiger partial charge on any atom is -0.355 e. The van der Waals surface area contributed by atoms with Gasteiger partial charge in [0.05, 0.1) is 5.92 Å². The Hall–Kier alpha value is -2.87. The second kappa shape index (κ2) is 8.22. The molecule has 3 aromatic rings. The summed E-state index contributed by atoms with van der Waals surface area (Å²) in [6.45, 7) is 5.62. The summed E-state index contributed by atoms with van der Waals surface area (Å²) in [5, 5.41) is 7.24. The van der Waals surface area contributed by atoms with Gasteiger partial charge in [0.2, 0.25) is 17.7 Å². The van der Waals surface area contributed by atoms with Crippen molar-refractivity contribution in [2.45, 2.75) is 32.2 Å². The number of aromatic nitrogens is 5. The Kier molecular flexibility index (Phi) is 5.34. The van der Waals surface area contributed by atoms with Crippen LogP contribution in [0.2, 0.25) is 0 Å². The Morgan fingerprint density at radius 2 is 2.15 bits per heavy atom. The molecule has 4 heterocycles. The zero-order valence-electron chi connectivity index (χ0n) is 15.4. The molecule has 0 aromatic carbocycles. The Morgan fingerprint density at radius 3 is 2.93 bits per heavy atom. The molecular formula is C19H23N7O. The SMILES string of the molecule is CCNc1ncc(CN2CCCC(c3nc(-c4cccnc4)no3)C2)cn1. The van der Waals surface area contributed by atoms with E-state index in [4.69, 9.17) is 4.52 Å². The minimum atomic E-state index is 0.249. The van der Waals surface area contributed by atoms with Crippen LogP contribution < -0.4 is 5.32 Å². The highest BCUT2D eigenvalue weighted by Crippen LogP contribution is 2.28. The van der Waals surface area contributed by atoms with Crippen molar-refractivity contribution in [2.24, 2.45) is 0 Å². The lowest BCUT2D eigenvalue weighted by atomic mass is 9.97. The van der Waals surface area contributed by atoms with Crippen molar-refractivity contribution in [1.82, 2.24) is 30.0 Å². The molecule has 0 radical (unpaired) electrons. The molecule has 0 saturated carbocycles. The minimum absolute atomic E-state index is 0.249. The third-order valence-electron chi connectivity index (χ3n) is 4.66. The molecule has 1 aliphatic heterocycles. The summed E-state index contributed by atoms with van der Waals surface area (Å²) >= 11 is 0. The normalized spacial score (nSPS) is 17.7. The Morgan fingerprint density at radius 1 is 1.26 bits per heavy atom. The van der Waals surface area contributed by atoms with E-state index in [9.17, 15) is 0 Å². The van der Waals surface area contributed by atoms with Crippen LogP contribution in [0.4, 0.5) is 5.95 Å². The van der Waals surface area contributed by atoms with Crippen LogP contribution in [0.3, 0.4) is 0 Å². The fraction of sp³-hybridized carbons (Fsp3) is 0.421. The topological polar surface area (TPSA) is 92.9 Å². The number of rotatable bonds is 6. The average molecular weight is 365 g/mol. The van der Waals surface area contributed by atoms with Crippen molar-refractivity contribution in [1.29, 1.82) is 0 Å². The smallest absolute Gasteiger partial charge is 0.231 e. The van der Waals surface area contributed by atoms with Gasteiger partial charge >= 0.3 is 0 Å². The first-order valence-electron chi connectivity index (χ1n) is 9.33. The van der Waals surface area contributed by atoms with Crippen LogP contribution in [-0.4, -0.2) is 49.6 Å². The Balaban J connectivity index is 1.40. The highest BCUT2D eigenvalue weighted by Gasteiger charge is 2.26. The molecule has 8 heteroatoms. The van der Waals surface area contributed by atoms with Crippen LogP contribution in [-0.2, 0) is 6.54 Å². The predicted molar refractivity (Wildman–Crippen MR) is 101 cm³/mol. The molecule has 0 aliphatic carbocycles. The van der Waals surface area contributed by atoms with Crippen LogP contribution in [0.1, 0.15) is 37.1 Å². The van der Waals surface area contributed by atoms with Gasteiger partial charge in [0.1, 0.15) is 0 Å². The average Bonchev–Trinajstić information content (AvgIpc) is 3.21. The van der Waals surface area contributed by atoms with Gasteiger partial charge < -0.3 is 9.84 Å². The van der Waals surface area contributed by atoms with Crippen molar-refractivity contribution >= 4 is 5.95 Å². The molecule has 1 N–H and O–H groups in total. The van der Waals surface area contributed by atoms with Gasteiger partial charge in [0, 0.05) is 55.5 Å². The van der Waals surface area contributed by atoms with E-state index in [1.807, 2.05) is 31.5 Å². The molecule has 1 aliphatic rings. The first-order valence-corrected chi connectivity index (χ1v) is 9.33. The lowest BCUT2D eigenvalue weighted by molar-refractivity contribution is 0.180. The van der Waals surface area contributed by atoms with Gasteiger partial charge in [-0.05, 0) is 38.4 Å². The largest absolute Gasteiger partial charge is 0.355 e. The summed E-state index contributed by atoms with van der Waals surface area (Å²) in [6, 6.07) is 3.81. The molecule has 1 saturated heterocycles. The van der Waals surface area contributed by atoms with Gasteiger partial charge in [-0.15, -0.1) is 0 Å². The van der Waals surface area contributed by atoms with Crippen LogP contribution in [0.15, 0.2) is 41.4 Å². The van der Waals surface area contributed by atoms with Gasteiger partial charge in [-0.25, -0.2) is 9.97 Å². The molecule has 27 heavy (non-hydrogen) atoms. The van der Waals surface area contributed by atoms with Crippen molar-refractivity contribution in [2.75, 3.05) is 25.0 Å². The lowest BCUT2D eigenvalue weighted by Crippen LogP contribution is -2.34. The van der Waals surface area contributed by atoms with Gasteiger partial charge in [-0.2, -0.15) is 4.98 Å².